The van der Waals surface area contributed by atoms with E-state index in [1.165, 1.54) is 12.7 Å². The SMILES string of the molecule is COC(=O)C1(N)C[C@@H](C)N(Cc2ccccc2)[C@@H](C)C1. The Morgan fingerprint density at radius 1 is 1.30 bits per heavy atom. The predicted molar refractivity (Wildman–Crippen MR) is 79.1 cm³/mol. The molecule has 4 heteroatoms. The van der Waals surface area contributed by atoms with Crippen LogP contribution in [0.1, 0.15) is 32.3 Å². The lowest BCUT2D eigenvalue weighted by atomic mass is 9.80. The molecule has 0 spiro atoms. The first-order valence-corrected chi connectivity index (χ1v) is 7.13. The maximum atomic E-state index is 11.9. The van der Waals surface area contributed by atoms with Crippen molar-refractivity contribution in [3.8, 4) is 0 Å². The number of carbonyl (C=O) groups excluding carboxylic acids is 1. The number of esters is 1. The van der Waals surface area contributed by atoms with Gasteiger partial charge in [0.15, 0.2) is 0 Å². The van der Waals surface area contributed by atoms with Crippen molar-refractivity contribution in [1.82, 2.24) is 4.90 Å². The molecule has 1 aliphatic rings. The fourth-order valence-electron chi connectivity index (χ4n) is 3.28. The van der Waals surface area contributed by atoms with Gasteiger partial charge in [0.1, 0.15) is 5.54 Å². The zero-order chi connectivity index (χ0) is 14.8. The fourth-order valence-corrected chi connectivity index (χ4v) is 3.28. The Morgan fingerprint density at radius 3 is 2.35 bits per heavy atom. The van der Waals surface area contributed by atoms with Crippen molar-refractivity contribution in [3.05, 3.63) is 35.9 Å². The summed E-state index contributed by atoms with van der Waals surface area (Å²) in [5.74, 6) is -0.296. The molecule has 1 aromatic rings. The number of piperidine rings is 1. The first kappa shape index (κ1) is 15.0. The first-order chi connectivity index (χ1) is 9.46. The van der Waals surface area contributed by atoms with E-state index in [0.717, 1.165) is 6.54 Å². The van der Waals surface area contributed by atoms with Gasteiger partial charge in [-0.3, -0.25) is 9.69 Å². The minimum Gasteiger partial charge on any atom is -0.468 e. The summed E-state index contributed by atoms with van der Waals surface area (Å²) in [5.41, 5.74) is 6.69. The summed E-state index contributed by atoms with van der Waals surface area (Å²) in [4.78, 5) is 14.3. The Kier molecular flexibility index (Phi) is 4.45. The second kappa shape index (κ2) is 5.94. The molecule has 110 valence electrons. The second-order valence-electron chi connectivity index (χ2n) is 5.91. The molecule has 1 unspecified atom stereocenters. The van der Waals surface area contributed by atoms with Gasteiger partial charge in [-0.05, 0) is 32.3 Å². The van der Waals surface area contributed by atoms with Crippen LogP contribution in [0.15, 0.2) is 30.3 Å². The van der Waals surface area contributed by atoms with Crippen molar-refractivity contribution in [2.24, 2.45) is 5.73 Å². The van der Waals surface area contributed by atoms with Gasteiger partial charge in [-0.2, -0.15) is 0 Å². The van der Waals surface area contributed by atoms with E-state index in [2.05, 4.69) is 43.0 Å². The summed E-state index contributed by atoms with van der Waals surface area (Å²) in [6.07, 6.45) is 1.27. The van der Waals surface area contributed by atoms with Gasteiger partial charge in [-0.1, -0.05) is 30.3 Å². The van der Waals surface area contributed by atoms with Crippen molar-refractivity contribution < 1.29 is 9.53 Å². The molecule has 1 saturated heterocycles. The number of nitrogens with zero attached hydrogens (tertiary/aromatic N) is 1. The third-order valence-electron chi connectivity index (χ3n) is 4.25. The summed E-state index contributed by atoms with van der Waals surface area (Å²) < 4.78 is 4.86. The summed E-state index contributed by atoms with van der Waals surface area (Å²) in [7, 11) is 1.41. The van der Waals surface area contributed by atoms with Gasteiger partial charge < -0.3 is 10.5 Å². The molecule has 0 radical (unpaired) electrons. The maximum Gasteiger partial charge on any atom is 0.325 e. The number of hydrogen-bond donors (Lipinski definition) is 1. The Morgan fingerprint density at radius 2 is 1.85 bits per heavy atom. The number of hydrogen-bond acceptors (Lipinski definition) is 4. The highest BCUT2D eigenvalue weighted by molar-refractivity contribution is 5.80. The van der Waals surface area contributed by atoms with E-state index in [9.17, 15) is 4.79 Å². The van der Waals surface area contributed by atoms with E-state index in [-0.39, 0.29) is 18.1 Å². The lowest BCUT2D eigenvalue weighted by Gasteiger charge is -2.46. The van der Waals surface area contributed by atoms with Gasteiger partial charge >= 0.3 is 5.97 Å². The molecule has 2 N–H and O–H groups in total. The highest BCUT2D eigenvalue weighted by Gasteiger charge is 2.44. The van der Waals surface area contributed by atoms with Gasteiger partial charge in [-0.15, -0.1) is 0 Å². The van der Waals surface area contributed by atoms with E-state index in [1.54, 1.807) is 0 Å². The summed E-state index contributed by atoms with van der Waals surface area (Å²) >= 11 is 0. The molecule has 1 aliphatic heterocycles. The summed E-state index contributed by atoms with van der Waals surface area (Å²) in [5, 5.41) is 0. The molecule has 1 heterocycles. The van der Waals surface area contributed by atoms with Crippen LogP contribution >= 0.6 is 0 Å². The van der Waals surface area contributed by atoms with Crippen LogP contribution in [0.4, 0.5) is 0 Å². The zero-order valence-electron chi connectivity index (χ0n) is 12.5. The molecule has 0 saturated carbocycles. The highest BCUT2D eigenvalue weighted by atomic mass is 16.5. The Bertz CT molecular complexity index is 449. The highest BCUT2D eigenvalue weighted by Crippen LogP contribution is 2.31. The van der Waals surface area contributed by atoms with Gasteiger partial charge in [-0.25, -0.2) is 0 Å². The second-order valence-corrected chi connectivity index (χ2v) is 5.91. The summed E-state index contributed by atoms with van der Waals surface area (Å²) in [6.45, 7) is 5.15. The van der Waals surface area contributed by atoms with E-state index in [1.807, 2.05) is 6.07 Å². The van der Waals surface area contributed by atoms with Crippen LogP contribution in [0.25, 0.3) is 0 Å². The Balaban J connectivity index is 2.09. The van der Waals surface area contributed by atoms with Crippen LogP contribution < -0.4 is 5.73 Å². The first-order valence-electron chi connectivity index (χ1n) is 7.13. The molecular formula is C16H24N2O2. The number of ether oxygens (including phenoxy) is 1. The number of benzene rings is 1. The molecule has 4 nitrogen and oxygen atoms in total. The lowest BCUT2D eigenvalue weighted by molar-refractivity contribution is -0.151. The average Bonchev–Trinajstić information content (AvgIpc) is 2.43. The van der Waals surface area contributed by atoms with Crippen LogP contribution in [-0.2, 0) is 16.1 Å². The van der Waals surface area contributed by atoms with Gasteiger partial charge in [0.2, 0.25) is 0 Å². The summed E-state index contributed by atoms with van der Waals surface area (Å²) in [6, 6.07) is 10.9. The molecule has 0 bridgehead atoms. The van der Waals surface area contributed by atoms with Crippen molar-refractivity contribution in [2.75, 3.05) is 7.11 Å². The molecule has 0 aromatic heterocycles. The molecule has 2 rings (SSSR count). The van der Waals surface area contributed by atoms with Crippen LogP contribution in [0.2, 0.25) is 0 Å². The fraction of sp³-hybridized carbons (Fsp3) is 0.562. The largest absolute Gasteiger partial charge is 0.468 e. The van der Waals surface area contributed by atoms with Gasteiger partial charge in [0, 0.05) is 18.6 Å². The van der Waals surface area contributed by atoms with Crippen molar-refractivity contribution in [3.63, 3.8) is 0 Å². The molecule has 3 atom stereocenters. The standard InChI is InChI=1S/C16H24N2O2/c1-12-9-16(17,15(19)20-3)10-13(2)18(12)11-14-7-5-4-6-8-14/h4-8,12-13H,9-11,17H2,1-3H3/t12-,13+,16?. The van der Waals surface area contributed by atoms with Crippen molar-refractivity contribution in [1.29, 1.82) is 0 Å². The number of likely N-dealkylation sites (tertiary alicyclic amines) is 1. The average molecular weight is 276 g/mol. The molecule has 20 heavy (non-hydrogen) atoms. The molecule has 1 aromatic carbocycles. The molecule has 0 amide bonds. The third kappa shape index (κ3) is 3.02. The topological polar surface area (TPSA) is 55.6 Å². The minimum atomic E-state index is -0.846. The van der Waals surface area contributed by atoms with Crippen LogP contribution in [-0.4, -0.2) is 35.6 Å². The smallest absolute Gasteiger partial charge is 0.325 e. The number of nitrogens with two attached hydrogens (primary N) is 1. The number of rotatable bonds is 3. The van der Waals surface area contributed by atoms with Crippen LogP contribution in [0.5, 0.6) is 0 Å². The predicted octanol–water partition coefficient (Wildman–Crippen LogP) is 1.93. The van der Waals surface area contributed by atoms with E-state index in [4.69, 9.17) is 10.5 Å². The quantitative estimate of drug-likeness (QED) is 0.857. The molecule has 1 fully saturated rings. The molecular weight excluding hydrogens is 252 g/mol. The Labute approximate surface area is 120 Å². The molecule has 0 aliphatic carbocycles. The van der Waals surface area contributed by atoms with E-state index >= 15 is 0 Å². The van der Waals surface area contributed by atoms with Crippen LogP contribution in [0.3, 0.4) is 0 Å². The monoisotopic (exact) mass is 276 g/mol. The normalized spacial score (nSPS) is 31.0. The zero-order valence-corrected chi connectivity index (χ0v) is 12.5. The van der Waals surface area contributed by atoms with Gasteiger partial charge in [0.05, 0.1) is 7.11 Å². The maximum absolute atomic E-state index is 11.9. The van der Waals surface area contributed by atoms with E-state index < -0.39 is 5.54 Å². The van der Waals surface area contributed by atoms with Gasteiger partial charge in [0.25, 0.3) is 0 Å². The lowest BCUT2D eigenvalue weighted by Crippen LogP contribution is -2.61. The number of methoxy groups -OCH3 is 1. The van der Waals surface area contributed by atoms with Crippen molar-refractivity contribution >= 4 is 5.97 Å². The van der Waals surface area contributed by atoms with Crippen molar-refractivity contribution in [2.45, 2.75) is 50.9 Å². The number of carbonyl (C=O) groups is 1. The Hall–Kier alpha value is -1.39. The van der Waals surface area contributed by atoms with E-state index in [0.29, 0.717) is 12.8 Å². The third-order valence-corrected chi connectivity index (χ3v) is 4.25. The van der Waals surface area contributed by atoms with Crippen LogP contribution in [0, 0.1) is 0 Å². The minimum absolute atomic E-state index is 0.253.